The number of allylic oxidation sites excluding steroid dienone is 3. The van der Waals surface area contributed by atoms with Gasteiger partial charge >= 0.3 is 12.1 Å². The molecule has 9 nitrogen and oxygen atoms in total. The van der Waals surface area contributed by atoms with Crippen LogP contribution in [0.1, 0.15) is 51.6 Å². The van der Waals surface area contributed by atoms with Gasteiger partial charge in [-0.15, -0.1) is 0 Å². The SMILES string of the molecule is C=C(/C=C\C(Cl)=C\Cl)NC(=O)Nc1nc(NCCCN(C)C(=O)OC(C)(C)C)cc(C2CC2)n1. The second-order valence-corrected chi connectivity index (χ2v) is 9.54. The van der Waals surface area contributed by atoms with Crippen LogP contribution >= 0.6 is 23.2 Å². The monoisotopic (exact) mass is 510 g/mol. The van der Waals surface area contributed by atoms with E-state index in [1.165, 1.54) is 22.6 Å². The number of urea groups is 1. The van der Waals surface area contributed by atoms with E-state index in [9.17, 15) is 9.59 Å². The van der Waals surface area contributed by atoms with E-state index in [-0.39, 0.29) is 12.0 Å². The number of rotatable bonds is 10. The lowest BCUT2D eigenvalue weighted by atomic mass is 10.2. The van der Waals surface area contributed by atoms with Crippen LogP contribution in [0.3, 0.4) is 0 Å². The van der Waals surface area contributed by atoms with Crippen molar-refractivity contribution in [2.45, 2.75) is 51.6 Å². The topological polar surface area (TPSA) is 108 Å². The third-order valence-corrected chi connectivity index (χ3v) is 5.05. The second kappa shape index (κ2) is 12.6. The van der Waals surface area contributed by atoms with Crippen molar-refractivity contribution in [1.82, 2.24) is 20.2 Å². The quantitative estimate of drug-likeness (QED) is 0.282. The van der Waals surface area contributed by atoms with E-state index >= 15 is 0 Å². The highest BCUT2D eigenvalue weighted by molar-refractivity contribution is 6.37. The second-order valence-electron chi connectivity index (χ2n) is 8.89. The summed E-state index contributed by atoms with van der Waals surface area (Å²) >= 11 is 11.3. The number of carbonyl (C=O) groups is 2. The number of nitrogens with zero attached hydrogens (tertiary/aromatic N) is 3. The minimum atomic E-state index is -0.531. The van der Waals surface area contributed by atoms with Crippen molar-refractivity contribution >= 4 is 47.1 Å². The zero-order valence-corrected chi connectivity index (χ0v) is 21.5. The summed E-state index contributed by atoms with van der Waals surface area (Å²) in [5.41, 5.74) is 1.86. The number of ether oxygens (including phenoxy) is 1. The zero-order chi connectivity index (χ0) is 25.3. The van der Waals surface area contributed by atoms with E-state index in [1.54, 1.807) is 7.05 Å². The highest BCUT2D eigenvalue weighted by Gasteiger charge is 2.26. The Morgan fingerprint density at radius 1 is 1.29 bits per heavy atom. The smallest absolute Gasteiger partial charge is 0.410 e. The molecule has 11 heteroatoms. The third kappa shape index (κ3) is 10.4. The summed E-state index contributed by atoms with van der Waals surface area (Å²) in [5, 5.41) is 8.75. The summed E-state index contributed by atoms with van der Waals surface area (Å²) in [7, 11) is 1.70. The average Bonchev–Trinajstić information content (AvgIpc) is 3.58. The van der Waals surface area contributed by atoms with Crippen molar-refractivity contribution in [3.8, 4) is 0 Å². The molecule has 3 amide bonds. The molecule has 0 atom stereocenters. The van der Waals surface area contributed by atoms with Gasteiger partial charge in [-0.3, -0.25) is 5.32 Å². The molecule has 0 radical (unpaired) electrons. The molecular weight excluding hydrogens is 479 g/mol. The van der Waals surface area contributed by atoms with Crippen molar-refractivity contribution in [3.05, 3.63) is 46.8 Å². The fraction of sp³-hybridized carbons (Fsp3) is 0.478. The average molecular weight is 511 g/mol. The molecule has 1 fully saturated rings. The fourth-order valence-corrected chi connectivity index (χ4v) is 2.84. The molecule has 1 saturated carbocycles. The maximum absolute atomic E-state index is 12.3. The van der Waals surface area contributed by atoms with Crippen LogP contribution in [0.5, 0.6) is 0 Å². The first-order valence-corrected chi connectivity index (χ1v) is 11.8. The molecule has 1 aliphatic rings. The molecule has 0 unspecified atom stereocenters. The van der Waals surface area contributed by atoms with Gasteiger partial charge in [-0.2, -0.15) is 4.98 Å². The van der Waals surface area contributed by atoms with Gasteiger partial charge in [-0.25, -0.2) is 14.6 Å². The highest BCUT2D eigenvalue weighted by Crippen LogP contribution is 2.39. The molecule has 0 bridgehead atoms. The number of hydrogen-bond acceptors (Lipinski definition) is 6. The first-order chi connectivity index (χ1) is 16.0. The molecule has 2 rings (SSSR count). The van der Waals surface area contributed by atoms with Gasteiger partial charge in [0.1, 0.15) is 11.4 Å². The highest BCUT2D eigenvalue weighted by atomic mass is 35.5. The van der Waals surface area contributed by atoms with Crippen LogP contribution in [0, 0.1) is 0 Å². The van der Waals surface area contributed by atoms with Crippen LogP contribution in [0.4, 0.5) is 21.4 Å². The van der Waals surface area contributed by atoms with Gasteiger partial charge in [0.15, 0.2) is 0 Å². The van der Waals surface area contributed by atoms with Gasteiger partial charge in [0, 0.05) is 43.4 Å². The van der Waals surface area contributed by atoms with Crippen LogP contribution in [0.15, 0.2) is 41.1 Å². The van der Waals surface area contributed by atoms with Gasteiger partial charge in [0.05, 0.1) is 10.7 Å². The van der Waals surface area contributed by atoms with E-state index in [0.29, 0.717) is 42.0 Å². The van der Waals surface area contributed by atoms with Crippen molar-refractivity contribution in [2.75, 3.05) is 30.8 Å². The minimum Gasteiger partial charge on any atom is -0.444 e. The van der Waals surface area contributed by atoms with Crippen LogP contribution in [0.25, 0.3) is 0 Å². The molecule has 0 saturated heterocycles. The largest absolute Gasteiger partial charge is 0.444 e. The van der Waals surface area contributed by atoms with Crippen molar-refractivity contribution in [3.63, 3.8) is 0 Å². The van der Waals surface area contributed by atoms with Gasteiger partial charge in [-0.1, -0.05) is 29.8 Å². The Bertz CT molecular complexity index is 955. The number of anilines is 2. The summed E-state index contributed by atoms with van der Waals surface area (Å²) in [4.78, 5) is 34.7. The molecule has 1 aromatic rings. The maximum atomic E-state index is 12.3. The molecule has 1 heterocycles. The van der Waals surface area contributed by atoms with Crippen LogP contribution in [0.2, 0.25) is 0 Å². The maximum Gasteiger partial charge on any atom is 0.410 e. The number of halogens is 2. The zero-order valence-electron chi connectivity index (χ0n) is 20.0. The number of aromatic nitrogens is 2. The number of hydrogen-bond donors (Lipinski definition) is 3. The third-order valence-electron chi connectivity index (χ3n) is 4.47. The molecule has 1 aliphatic carbocycles. The Labute approximate surface area is 210 Å². The Morgan fingerprint density at radius 2 is 2.00 bits per heavy atom. The van der Waals surface area contributed by atoms with Gasteiger partial charge < -0.3 is 20.3 Å². The fourth-order valence-electron chi connectivity index (χ4n) is 2.70. The Hall–Kier alpha value is -2.78. The van der Waals surface area contributed by atoms with E-state index in [4.69, 9.17) is 27.9 Å². The molecule has 34 heavy (non-hydrogen) atoms. The Kier molecular flexibility index (Phi) is 10.2. The summed E-state index contributed by atoms with van der Waals surface area (Å²) in [5.74, 6) is 1.16. The first kappa shape index (κ1) is 27.5. The van der Waals surface area contributed by atoms with Crippen molar-refractivity contribution in [1.29, 1.82) is 0 Å². The number of carbonyl (C=O) groups excluding carboxylic acids is 2. The van der Waals surface area contributed by atoms with Crippen molar-refractivity contribution < 1.29 is 14.3 Å². The summed E-state index contributed by atoms with van der Waals surface area (Å²) in [6.45, 7) is 10.3. The summed E-state index contributed by atoms with van der Waals surface area (Å²) < 4.78 is 5.35. The lowest BCUT2D eigenvalue weighted by Gasteiger charge is -2.24. The number of nitrogens with one attached hydrogen (secondary N) is 3. The summed E-state index contributed by atoms with van der Waals surface area (Å²) in [6.07, 6.45) is 5.46. The minimum absolute atomic E-state index is 0.186. The first-order valence-electron chi connectivity index (χ1n) is 10.9. The molecular formula is C23H32Cl2N6O3. The lowest BCUT2D eigenvalue weighted by molar-refractivity contribution is 0.0298. The molecule has 0 aliphatic heterocycles. The van der Waals surface area contributed by atoms with Crippen molar-refractivity contribution in [2.24, 2.45) is 0 Å². The van der Waals surface area contributed by atoms with Gasteiger partial charge in [0.2, 0.25) is 5.95 Å². The standard InChI is InChI=1S/C23H32Cl2N6O3/c1-15(7-10-17(25)14-24)27-21(32)30-20-28-18(16-8-9-16)13-19(29-20)26-11-6-12-31(5)22(33)34-23(2,3)4/h7,10,13-14,16H,1,6,8-9,11-12H2,2-5H3,(H3,26,27,28,29,30,32)/b10-7-,17-14-. The van der Waals surface area contributed by atoms with E-state index in [1.807, 2.05) is 26.8 Å². The lowest BCUT2D eigenvalue weighted by Crippen LogP contribution is -2.35. The summed E-state index contributed by atoms with van der Waals surface area (Å²) in [6, 6.07) is 1.36. The molecule has 0 aromatic carbocycles. The molecule has 3 N–H and O–H groups in total. The molecule has 186 valence electrons. The van der Waals surface area contributed by atoms with E-state index in [0.717, 1.165) is 18.5 Å². The van der Waals surface area contributed by atoms with E-state index in [2.05, 4.69) is 32.5 Å². The predicted molar refractivity (Wildman–Crippen MR) is 136 cm³/mol. The van der Waals surface area contributed by atoms with Crippen LogP contribution in [-0.2, 0) is 4.74 Å². The van der Waals surface area contributed by atoms with Gasteiger partial charge in [-0.05, 0) is 52.2 Å². The van der Waals surface area contributed by atoms with Crippen LogP contribution < -0.4 is 16.0 Å². The van der Waals surface area contributed by atoms with Gasteiger partial charge in [0.25, 0.3) is 0 Å². The van der Waals surface area contributed by atoms with Crippen LogP contribution in [-0.4, -0.2) is 52.7 Å². The van der Waals surface area contributed by atoms with E-state index < -0.39 is 11.6 Å². The molecule has 1 aromatic heterocycles. The number of amides is 3. The molecule has 0 spiro atoms. The normalized spacial score (nSPS) is 14.0. The predicted octanol–water partition coefficient (Wildman–Crippen LogP) is 5.53. The Balaban J connectivity index is 1.90. The Morgan fingerprint density at radius 3 is 2.62 bits per heavy atom.